The van der Waals surface area contributed by atoms with Gasteiger partial charge in [0.1, 0.15) is 21.7 Å². The molecule has 7 nitrogen and oxygen atoms in total. The lowest BCUT2D eigenvalue weighted by atomic mass is 10.1. The van der Waals surface area contributed by atoms with E-state index in [2.05, 4.69) is 15.0 Å². The molecule has 5 rings (SSSR count). The molecule has 1 aromatic carbocycles. The van der Waals surface area contributed by atoms with E-state index in [4.69, 9.17) is 0 Å². The number of H-pyrrole nitrogens is 1. The lowest BCUT2D eigenvalue weighted by molar-refractivity contribution is 0.0749. The number of nitrogens with one attached hydrogen (secondary N) is 1. The summed E-state index contributed by atoms with van der Waals surface area (Å²) >= 11 is 1.20. The SMILES string of the molecule is Cc1ccc(N2CCN(C(=O)c3csc4c(=O)[nH]c(-c5ccccn5)nc34)CC2)c(F)c1. The fraction of sp³-hybridized carbons (Fsp3) is 0.217. The van der Waals surface area contributed by atoms with Gasteiger partial charge in [0.2, 0.25) is 0 Å². The second-order valence-corrected chi connectivity index (χ2v) is 8.57. The Balaban J connectivity index is 1.40. The monoisotopic (exact) mass is 449 g/mol. The number of halogens is 1. The minimum Gasteiger partial charge on any atom is -0.366 e. The number of aryl methyl sites for hydroxylation is 1. The molecule has 162 valence electrons. The molecular formula is C23H20FN5O2S. The molecule has 1 aliphatic heterocycles. The number of benzene rings is 1. The van der Waals surface area contributed by atoms with E-state index in [0.29, 0.717) is 59.2 Å². The highest BCUT2D eigenvalue weighted by Crippen LogP contribution is 2.26. The molecule has 0 atom stereocenters. The zero-order valence-electron chi connectivity index (χ0n) is 17.3. The Kier molecular flexibility index (Phi) is 5.18. The number of carbonyl (C=O) groups excluding carboxylic acids is 1. The van der Waals surface area contributed by atoms with Crippen LogP contribution in [0.5, 0.6) is 0 Å². The highest BCUT2D eigenvalue weighted by atomic mass is 32.1. The fourth-order valence-electron chi connectivity index (χ4n) is 3.89. The van der Waals surface area contributed by atoms with Gasteiger partial charge in [-0.15, -0.1) is 11.3 Å². The molecule has 0 radical (unpaired) electrons. The first-order valence-corrected chi connectivity index (χ1v) is 11.1. The molecule has 1 N–H and O–H groups in total. The lowest BCUT2D eigenvalue weighted by Gasteiger charge is -2.36. The first kappa shape index (κ1) is 20.3. The number of pyridine rings is 1. The summed E-state index contributed by atoms with van der Waals surface area (Å²) in [7, 11) is 0. The van der Waals surface area contributed by atoms with Crippen molar-refractivity contribution in [2.24, 2.45) is 0 Å². The number of aromatic nitrogens is 3. The molecule has 0 spiro atoms. The number of thiophene rings is 1. The van der Waals surface area contributed by atoms with Crippen LogP contribution in [0.2, 0.25) is 0 Å². The maximum Gasteiger partial charge on any atom is 0.269 e. The van der Waals surface area contributed by atoms with E-state index in [1.165, 1.54) is 17.4 Å². The number of aromatic amines is 1. The van der Waals surface area contributed by atoms with Crippen LogP contribution in [-0.2, 0) is 0 Å². The Bertz CT molecular complexity index is 1360. The average Bonchev–Trinajstić information content (AvgIpc) is 3.24. The van der Waals surface area contributed by atoms with Gasteiger partial charge in [-0.25, -0.2) is 9.37 Å². The van der Waals surface area contributed by atoms with Gasteiger partial charge in [0.05, 0.1) is 11.3 Å². The summed E-state index contributed by atoms with van der Waals surface area (Å²) in [6.07, 6.45) is 1.62. The number of carbonyl (C=O) groups is 1. The molecule has 32 heavy (non-hydrogen) atoms. The summed E-state index contributed by atoms with van der Waals surface area (Å²) in [6, 6.07) is 10.5. The van der Waals surface area contributed by atoms with Crippen molar-refractivity contribution in [2.75, 3.05) is 31.1 Å². The Hall–Kier alpha value is -3.59. The molecule has 1 saturated heterocycles. The highest BCUT2D eigenvalue weighted by molar-refractivity contribution is 7.17. The number of anilines is 1. The molecule has 9 heteroatoms. The normalized spacial score (nSPS) is 14.2. The predicted octanol–water partition coefficient (Wildman–Crippen LogP) is 3.46. The smallest absolute Gasteiger partial charge is 0.269 e. The molecule has 1 aliphatic rings. The zero-order chi connectivity index (χ0) is 22.2. The van der Waals surface area contributed by atoms with Crippen LogP contribution in [0.1, 0.15) is 15.9 Å². The van der Waals surface area contributed by atoms with Gasteiger partial charge in [0, 0.05) is 37.8 Å². The van der Waals surface area contributed by atoms with Crippen molar-refractivity contribution in [1.29, 1.82) is 0 Å². The first-order valence-electron chi connectivity index (χ1n) is 10.2. The number of hydrogen-bond acceptors (Lipinski definition) is 6. The van der Waals surface area contributed by atoms with Crippen LogP contribution in [0.3, 0.4) is 0 Å². The topological polar surface area (TPSA) is 82.2 Å². The third-order valence-electron chi connectivity index (χ3n) is 5.58. The Morgan fingerprint density at radius 2 is 1.97 bits per heavy atom. The summed E-state index contributed by atoms with van der Waals surface area (Å²) in [4.78, 5) is 41.0. The summed E-state index contributed by atoms with van der Waals surface area (Å²) in [6.45, 7) is 3.83. The van der Waals surface area contributed by atoms with Crippen LogP contribution in [0, 0.1) is 12.7 Å². The van der Waals surface area contributed by atoms with Crippen LogP contribution in [0.25, 0.3) is 21.7 Å². The highest BCUT2D eigenvalue weighted by Gasteiger charge is 2.26. The van der Waals surface area contributed by atoms with Gasteiger partial charge in [-0.05, 0) is 36.8 Å². The number of piperazine rings is 1. The number of hydrogen-bond donors (Lipinski definition) is 1. The van der Waals surface area contributed by atoms with E-state index in [9.17, 15) is 14.0 Å². The maximum atomic E-state index is 14.3. The standard InChI is InChI=1S/C23H20FN5O2S/c1-14-5-6-18(16(24)12-14)28-8-10-29(11-9-28)23(31)15-13-32-20-19(15)26-21(27-22(20)30)17-4-2-3-7-25-17/h2-7,12-13H,8-11H2,1H3,(H,26,27,30). The number of nitrogens with zero attached hydrogens (tertiary/aromatic N) is 4. The van der Waals surface area contributed by atoms with Crippen molar-refractivity contribution in [2.45, 2.75) is 6.92 Å². The van der Waals surface area contributed by atoms with Crippen LogP contribution >= 0.6 is 11.3 Å². The van der Waals surface area contributed by atoms with Crippen LogP contribution in [0.4, 0.5) is 10.1 Å². The summed E-state index contributed by atoms with van der Waals surface area (Å²) in [5.74, 6) is -0.0976. The Morgan fingerprint density at radius 1 is 1.16 bits per heavy atom. The molecule has 0 bridgehead atoms. The molecular weight excluding hydrogens is 429 g/mol. The van der Waals surface area contributed by atoms with E-state index in [1.54, 1.807) is 34.7 Å². The van der Waals surface area contributed by atoms with Gasteiger partial charge in [-0.3, -0.25) is 14.6 Å². The molecule has 3 aromatic heterocycles. The van der Waals surface area contributed by atoms with Crippen molar-refractivity contribution in [3.63, 3.8) is 0 Å². The molecule has 1 fully saturated rings. The van der Waals surface area contributed by atoms with E-state index < -0.39 is 0 Å². The molecule has 0 saturated carbocycles. The molecule has 0 aliphatic carbocycles. The number of fused-ring (bicyclic) bond motifs is 1. The minimum atomic E-state index is -0.292. The van der Waals surface area contributed by atoms with Gasteiger partial charge in [-0.2, -0.15) is 0 Å². The molecule has 4 aromatic rings. The van der Waals surface area contributed by atoms with Crippen LogP contribution < -0.4 is 10.5 Å². The average molecular weight is 450 g/mol. The zero-order valence-corrected chi connectivity index (χ0v) is 18.2. The van der Waals surface area contributed by atoms with Crippen LogP contribution in [0.15, 0.2) is 52.8 Å². The molecule has 0 unspecified atom stereocenters. The maximum absolute atomic E-state index is 14.3. The van der Waals surface area contributed by atoms with E-state index >= 15 is 0 Å². The first-order chi connectivity index (χ1) is 15.5. The van der Waals surface area contributed by atoms with Gasteiger partial charge >= 0.3 is 0 Å². The summed E-state index contributed by atoms with van der Waals surface area (Å²) < 4.78 is 14.7. The molecule has 4 heterocycles. The third kappa shape index (κ3) is 3.64. The summed E-state index contributed by atoms with van der Waals surface area (Å²) in [5.41, 5.74) is 2.46. The van der Waals surface area contributed by atoms with Crippen molar-refractivity contribution in [1.82, 2.24) is 19.9 Å². The number of amides is 1. The van der Waals surface area contributed by atoms with Crippen molar-refractivity contribution in [3.05, 3.63) is 75.3 Å². The van der Waals surface area contributed by atoms with Gasteiger partial charge in [0.25, 0.3) is 11.5 Å². The Morgan fingerprint density at radius 3 is 2.69 bits per heavy atom. The number of rotatable bonds is 3. The summed E-state index contributed by atoms with van der Waals surface area (Å²) in [5, 5.41) is 1.68. The Labute approximate surface area is 187 Å². The van der Waals surface area contributed by atoms with Crippen molar-refractivity contribution >= 4 is 33.1 Å². The van der Waals surface area contributed by atoms with Gasteiger partial charge < -0.3 is 14.8 Å². The van der Waals surface area contributed by atoms with Crippen LogP contribution in [-0.4, -0.2) is 51.9 Å². The third-order valence-corrected chi connectivity index (χ3v) is 6.54. The predicted molar refractivity (Wildman–Crippen MR) is 123 cm³/mol. The van der Waals surface area contributed by atoms with E-state index in [-0.39, 0.29) is 17.3 Å². The minimum absolute atomic E-state index is 0.176. The fourth-order valence-corrected chi connectivity index (χ4v) is 4.77. The second-order valence-electron chi connectivity index (χ2n) is 7.69. The van der Waals surface area contributed by atoms with Gasteiger partial charge in [-0.1, -0.05) is 12.1 Å². The quantitative estimate of drug-likeness (QED) is 0.518. The largest absolute Gasteiger partial charge is 0.366 e. The second kappa shape index (κ2) is 8.16. The molecule has 1 amide bonds. The van der Waals surface area contributed by atoms with E-state index in [1.807, 2.05) is 24.0 Å². The van der Waals surface area contributed by atoms with Crippen molar-refractivity contribution < 1.29 is 9.18 Å². The van der Waals surface area contributed by atoms with Crippen molar-refractivity contribution in [3.8, 4) is 11.5 Å². The van der Waals surface area contributed by atoms with E-state index in [0.717, 1.165) is 5.56 Å². The van der Waals surface area contributed by atoms with Gasteiger partial charge in [0.15, 0.2) is 5.82 Å². The lowest BCUT2D eigenvalue weighted by Crippen LogP contribution is -2.49.